The van der Waals surface area contributed by atoms with Gasteiger partial charge in [-0.25, -0.2) is 0 Å². The van der Waals surface area contributed by atoms with Crippen LogP contribution in [0.4, 0.5) is 0 Å². The number of hydrogen-bond donors (Lipinski definition) is 2. The molecule has 2 fully saturated rings. The van der Waals surface area contributed by atoms with E-state index in [1.165, 1.54) is 5.56 Å². The lowest BCUT2D eigenvalue weighted by atomic mass is 9.80. The van der Waals surface area contributed by atoms with Crippen LogP contribution in [0.5, 0.6) is 0 Å². The Bertz CT molecular complexity index is 671. The van der Waals surface area contributed by atoms with Gasteiger partial charge in [-0.3, -0.25) is 14.5 Å². The van der Waals surface area contributed by atoms with Crippen molar-refractivity contribution in [3.63, 3.8) is 0 Å². The quantitative estimate of drug-likeness (QED) is 0.748. The van der Waals surface area contributed by atoms with E-state index in [-0.39, 0.29) is 24.3 Å². The van der Waals surface area contributed by atoms with Gasteiger partial charge in [0.25, 0.3) is 0 Å². The average Bonchev–Trinajstić information content (AvgIpc) is 2.72. The fourth-order valence-electron chi connectivity index (χ4n) is 4.39. The van der Waals surface area contributed by atoms with E-state index in [0.717, 1.165) is 32.5 Å². The molecule has 0 saturated carbocycles. The maximum Gasteiger partial charge on any atom is 0.246 e. The molecule has 2 aliphatic heterocycles. The first-order valence-electron chi connectivity index (χ1n) is 10.5. The first-order chi connectivity index (χ1) is 13.5. The second kappa shape index (κ2) is 9.05. The number of nitrogens with zero attached hydrogens (tertiary/aromatic N) is 2. The molecule has 2 heterocycles. The molecule has 2 aliphatic rings. The predicted octanol–water partition coefficient (Wildman–Crippen LogP) is 1.78. The highest BCUT2D eigenvalue weighted by Crippen LogP contribution is 2.34. The van der Waals surface area contributed by atoms with Gasteiger partial charge in [0.2, 0.25) is 11.8 Å². The zero-order chi connectivity index (χ0) is 20.1. The summed E-state index contributed by atoms with van der Waals surface area (Å²) in [5.41, 5.74) is 0.521. The van der Waals surface area contributed by atoms with Gasteiger partial charge >= 0.3 is 0 Å². The fourth-order valence-corrected chi connectivity index (χ4v) is 4.39. The molecule has 28 heavy (non-hydrogen) atoms. The van der Waals surface area contributed by atoms with E-state index in [0.29, 0.717) is 19.4 Å². The average molecular weight is 388 g/mol. The van der Waals surface area contributed by atoms with Gasteiger partial charge in [-0.2, -0.15) is 0 Å². The molecule has 1 spiro atoms. The second-order valence-electron chi connectivity index (χ2n) is 8.25. The molecule has 6 heteroatoms. The third-order valence-electron chi connectivity index (χ3n) is 6.28. The van der Waals surface area contributed by atoms with Crippen molar-refractivity contribution in [2.45, 2.75) is 57.7 Å². The standard InChI is InChI=1S/C22H33N3O3/c1-3-4-12-25-20(27)19(17(2)16-26)23-21(28)22(25)10-13-24(14-11-22)15-18-8-6-5-7-9-18/h5-9,17,19,26H,3-4,10-16H2,1-2H3,(H,23,28)/t17?,19-/m1/s1. The molecule has 0 radical (unpaired) electrons. The Kier molecular flexibility index (Phi) is 6.73. The third kappa shape index (κ3) is 4.08. The van der Waals surface area contributed by atoms with Gasteiger partial charge in [-0.15, -0.1) is 0 Å². The van der Waals surface area contributed by atoms with Crippen LogP contribution in [-0.2, 0) is 16.1 Å². The number of benzene rings is 1. The van der Waals surface area contributed by atoms with Crippen molar-refractivity contribution in [3.05, 3.63) is 35.9 Å². The van der Waals surface area contributed by atoms with E-state index in [4.69, 9.17) is 0 Å². The van der Waals surface area contributed by atoms with Crippen molar-refractivity contribution < 1.29 is 14.7 Å². The number of rotatable bonds is 7. The summed E-state index contributed by atoms with van der Waals surface area (Å²) < 4.78 is 0. The number of unbranched alkanes of at least 4 members (excludes halogenated alkanes) is 1. The molecule has 0 aliphatic carbocycles. The van der Waals surface area contributed by atoms with Gasteiger partial charge in [-0.05, 0) is 24.8 Å². The van der Waals surface area contributed by atoms with Crippen LogP contribution in [-0.4, -0.2) is 64.5 Å². The molecule has 2 amide bonds. The summed E-state index contributed by atoms with van der Waals surface area (Å²) in [4.78, 5) is 30.6. The number of nitrogens with one attached hydrogen (secondary N) is 1. The van der Waals surface area contributed by atoms with Gasteiger partial charge in [0.15, 0.2) is 0 Å². The van der Waals surface area contributed by atoms with E-state index in [1.54, 1.807) is 6.92 Å². The summed E-state index contributed by atoms with van der Waals surface area (Å²) in [7, 11) is 0. The molecule has 1 aromatic rings. The van der Waals surface area contributed by atoms with Crippen LogP contribution in [0.1, 0.15) is 45.1 Å². The number of piperazine rings is 1. The summed E-state index contributed by atoms with van der Waals surface area (Å²) in [6.45, 7) is 6.84. The van der Waals surface area contributed by atoms with Gasteiger partial charge in [-0.1, -0.05) is 50.6 Å². The highest BCUT2D eigenvalue weighted by molar-refractivity contribution is 6.00. The Labute approximate surface area is 167 Å². The van der Waals surface area contributed by atoms with Crippen molar-refractivity contribution in [2.24, 2.45) is 5.92 Å². The minimum absolute atomic E-state index is 0.0360. The Hall–Kier alpha value is -1.92. The van der Waals surface area contributed by atoms with Crippen LogP contribution < -0.4 is 5.32 Å². The first kappa shape index (κ1) is 20.8. The Morgan fingerprint density at radius 1 is 1.21 bits per heavy atom. The molecular formula is C22H33N3O3. The summed E-state index contributed by atoms with van der Waals surface area (Å²) in [6, 6.07) is 9.72. The molecule has 0 bridgehead atoms. The van der Waals surface area contributed by atoms with E-state index < -0.39 is 11.6 Å². The molecule has 6 nitrogen and oxygen atoms in total. The topological polar surface area (TPSA) is 72.9 Å². The lowest BCUT2D eigenvalue weighted by molar-refractivity contribution is -0.163. The predicted molar refractivity (Wildman–Crippen MR) is 108 cm³/mol. The summed E-state index contributed by atoms with van der Waals surface area (Å²) in [5.74, 6) is -0.366. The Morgan fingerprint density at radius 2 is 1.89 bits per heavy atom. The van der Waals surface area contributed by atoms with E-state index in [9.17, 15) is 14.7 Å². The maximum absolute atomic E-state index is 13.2. The normalized spacial score (nSPS) is 23.7. The van der Waals surface area contributed by atoms with Crippen molar-refractivity contribution in [1.82, 2.24) is 15.1 Å². The molecular weight excluding hydrogens is 354 g/mol. The lowest BCUT2D eigenvalue weighted by Gasteiger charge is -2.52. The van der Waals surface area contributed by atoms with Crippen LogP contribution in [0, 0.1) is 5.92 Å². The molecule has 2 atom stereocenters. The highest BCUT2D eigenvalue weighted by atomic mass is 16.3. The number of carbonyl (C=O) groups excluding carboxylic acids is 2. The van der Waals surface area contributed by atoms with Crippen LogP contribution in [0.15, 0.2) is 30.3 Å². The lowest BCUT2D eigenvalue weighted by Crippen LogP contribution is -2.74. The van der Waals surface area contributed by atoms with E-state index in [2.05, 4.69) is 29.3 Å². The van der Waals surface area contributed by atoms with Gasteiger partial charge in [0, 0.05) is 38.7 Å². The number of hydrogen-bond acceptors (Lipinski definition) is 4. The van der Waals surface area contributed by atoms with Crippen molar-refractivity contribution in [1.29, 1.82) is 0 Å². The molecule has 2 N–H and O–H groups in total. The molecule has 1 aromatic carbocycles. The van der Waals surface area contributed by atoms with E-state index in [1.807, 2.05) is 23.1 Å². The van der Waals surface area contributed by atoms with Crippen molar-refractivity contribution in [3.8, 4) is 0 Å². The number of carbonyl (C=O) groups is 2. The fraction of sp³-hybridized carbons (Fsp3) is 0.636. The first-order valence-corrected chi connectivity index (χ1v) is 10.5. The number of aliphatic hydroxyl groups excluding tert-OH is 1. The van der Waals surface area contributed by atoms with Crippen LogP contribution in [0.3, 0.4) is 0 Å². The maximum atomic E-state index is 13.2. The molecule has 1 unspecified atom stereocenters. The number of likely N-dealkylation sites (tertiary alicyclic amines) is 1. The number of amides is 2. The van der Waals surface area contributed by atoms with Gasteiger partial charge in [0.05, 0.1) is 0 Å². The van der Waals surface area contributed by atoms with Crippen LogP contribution >= 0.6 is 0 Å². The summed E-state index contributed by atoms with van der Waals surface area (Å²) in [5, 5.41) is 12.4. The molecule has 3 rings (SSSR count). The SMILES string of the molecule is CCCCN1C(=O)[C@@H](C(C)CO)NC(=O)C12CCN(Cc1ccccc1)CC2. The van der Waals surface area contributed by atoms with Crippen LogP contribution in [0.25, 0.3) is 0 Å². The largest absolute Gasteiger partial charge is 0.396 e. The zero-order valence-electron chi connectivity index (χ0n) is 17.1. The molecule has 0 aromatic heterocycles. The second-order valence-corrected chi connectivity index (χ2v) is 8.25. The molecule has 2 saturated heterocycles. The monoisotopic (exact) mass is 387 g/mol. The number of aliphatic hydroxyl groups is 1. The summed E-state index contributed by atoms with van der Waals surface area (Å²) in [6.07, 6.45) is 3.17. The van der Waals surface area contributed by atoms with Crippen molar-refractivity contribution in [2.75, 3.05) is 26.2 Å². The Balaban J connectivity index is 1.75. The van der Waals surface area contributed by atoms with Crippen LogP contribution in [0.2, 0.25) is 0 Å². The minimum atomic E-state index is -0.745. The van der Waals surface area contributed by atoms with Gasteiger partial charge < -0.3 is 15.3 Å². The zero-order valence-corrected chi connectivity index (χ0v) is 17.1. The number of piperidine rings is 1. The minimum Gasteiger partial charge on any atom is -0.396 e. The van der Waals surface area contributed by atoms with E-state index >= 15 is 0 Å². The third-order valence-corrected chi connectivity index (χ3v) is 6.28. The smallest absolute Gasteiger partial charge is 0.246 e. The molecule has 154 valence electrons. The van der Waals surface area contributed by atoms with Crippen molar-refractivity contribution >= 4 is 11.8 Å². The summed E-state index contributed by atoms with van der Waals surface area (Å²) >= 11 is 0. The van der Waals surface area contributed by atoms with Gasteiger partial charge in [0.1, 0.15) is 11.6 Å². The Morgan fingerprint density at radius 3 is 2.50 bits per heavy atom. The highest BCUT2D eigenvalue weighted by Gasteiger charge is 2.54.